The predicted molar refractivity (Wildman–Crippen MR) is 77.6 cm³/mol. The number of amides is 1. The maximum absolute atomic E-state index is 12.3. The van der Waals surface area contributed by atoms with Crippen molar-refractivity contribution >= 4 is 27.4 Å². The quantitative estimate of drug-likeness (QED) is 0.864. The number of fused-ring (bicyclic) bond motifs is 1. The molecule has 0 unspecified atom stereocenters. The van der Waals surface area contributed by atoms with Gasteiger partial charge in [-0.25, -0.2) is 4.52 Å². The molecule has 1 N–H and O–H groups in total. The Balaban J connectivity index is 1.73. The zero-order valence-electron chi connectivity index (χ0n) is 10.6. The second-order valence-electron chi connectivity index (χ2n) is 5.01. The van der Waals surface area contributed by atoms with Crippen LogP contribution in [-0.4, -0.2) is 26.4 Å². The number of pyridine rings is 1. The molecular weight excluding hydrogens is 306 g/mol. The number of carbonyl (C=O) groups is 1. The fraction of sp³-hybridized carbons (Fsp3) is 0.429. The van der Waals surface area contributed by atoms with Crippen LogP contribution in [0, 0.1) is 0 Å². The van der Waals surface area contributed by atoms with Crippen molar-refractivity contribution in [2.24, 2.45) is 0 Å². The lowest BCUT2D eigenvalue weighted by molar-refractivity contribution is 0.0930. The van der Waals surface area contributed by atoms with Gasteiger partial charge in [-0.15, -0.1) is 0 Å². The Kier molecular flexibility index (Phi) is 3.55. The summed E-state index contributed by atoms with van der Waals surface area (Å²) in [6.45, 7) is 0. The zero-order valence-corrected chi connectivity index (χ0v) is 12.1. The van der Waals surface area contributed by atoms with E-state index in [0.717, 1.165) is 31.2 Å². The molecule has 19 heavy (non-hydrogen) atoms. The van der Waals surface area contributed by atoms with Gasteiger partial charge in [0, 0.05) is 17.1 Å². The summed E-state index contributed by atoms with van der Waals surface area (Å²) < 4.78 is 1.73. The van der Waals surface area contributed by atoms with E-state index in [1.807, 2.05) is 24.4 Å². The van der Waals surface area contributed by atoms with Crippen molar-refractivity contribution in [3.8, 4) is 0 Å². The molecule has 3 rings (SSSR count). The number of nitrogens with zero attached hydrogens (tertiary/aromatic N) is 2. The summed E-state index contributed by atoms with van der Waals surface area (Å²) in [4.78, 5) is 12.9. The third kappa shape index (κ3) is 2.66. The highest BCUT2D eigenvalue weighted by Gasteiger charge is 2.22. The summed E-state index contributed by atoms with van der Waals surface area (Å²) in [6.07, 6.45) is 7.82. The summed E-state index contributed by atoms with van der Waals surface area (Å²) in [7, 11) is 0. The lowest BCUT2D eigenvalue weighted by atomic mass is 9.95. The Morgan fingerprint density at radius 2 is 2.11 bits per heavy atom. The molecule has 2 aromatic heterocycles. The molecule has 2 aromatic rings. The summed E-state index contributed by atoms with van der Waals surface area (Å²) in [6, 6.07) is 6.03. The van der Waals surface area contributed by atoms with Crippen molar-refractivity contribution in [2.75, 3.05) is 0 Å². The van der Waals surface area contributed by atoms with Crippen LogP contribution in [0.4, 0.5) is 0 Å². The van der Waals surface area contributed by atoms with Gasteiger partial charge < -0.3 is 5.32 Å². The number of alkyl halides is 1. The Morgan fingerprint density at radius 1 is 1.32 bits per heavy atom. The second kappa shape index (κ2) is 5.33. The minimum absolute atomic E-state index is 0.0146. The van der Waals surface area contributed by atoms with Crippen molar-refractivity contribution in [3.05, 3.63) is 36.2 Å². The third-order valence-electron chi connectivity index (χ3n) is 3.66. The molecule has 5 heteroatoms. The van der Waals surface area contributed by atoms with Crippen molar-refractivity contribution in [1.29, 1.82) is 0 Å². The highest BCUT2D eigenvalue weighted by atomic mass is 79.9. The number of aromatic nitrogens is 2. The van der Waals surface area contributed by atoms with Gasteiger partial charge >= 0.3 is 0 Å². The number of hydrogen-bond acceptors (Lipinski definition) is 2. The average Bonchev–Trinajstić information content (AvgIpc) is 2.85. The van der Waals surface area contributed by atoms with Gasteiger partial charge in [0.15, 0.2) is 0 Å². The highest BCUT2D eigenvalue weighted by Crippen LogP contribution is 2.24. The van der Waals surface area contributed by atoms with E-state index in [-0.39, 0.29) is 5.91 Å². The van der Waals surface area contributed by atoms with Gasteiger partial charge in [0.2, 0.25) is 0 Å². The van der Waals surface area contributed by atoms with Crippen LogP contribution in [0.1, 0.15) is 36.0 Å². The minimum atomic E-state index is -0.0146. The molecule has 1 aliphatic rings. The summed E-state index contributed by atoms with van der Waals surface area (Å²) in [5.74, 6) is -0.0146. The van der Waals surface area contributed by atoms with E-state index in [0.29, 0.717) is 16.4 Å². The van der Waals surface area contributed by atoms with Crippen LogP contribution in [0.5, 0.6) is 0 Å². The molecule has 0 aliphatic heterocycles. The molecule has 1 saturated carbocycles. The number of carbonyl (C=O) groups excluding carboxylic acids is 1. The first-order valence-electron chi connectivity index (χ1n) is 6.61. The third-order valence-corrected chi connectivity index (χ3v) is 4.58. The molecule has 1 amide bonds. The van der Waals surface area contributed by atoms with Crippen LogP contribution in [0.25, 0.3) is 5.52 Å². The van der Waals surface area contributed by atoms with Gasteiger partial charge in [-0.2, -0.15) is 5.10 Å². The maximum atomic E-state index is 12.3. The standard InChI is InChI=1S/C14H16BrN3O/c15-10-4-6-11(7-5-10)17-14(19)12-9-16-18-8-2-1-3-13(12)18/h1-3,8-11H,4-7H2,(H,17,19). The van der Waals surface area contributed by atoms with Gasteiger partial charge in [0.25, 0.3) is 5.91 Å². The monoisotopic (exact) mass is 321 g/mol. The van der Waals surface area contributed by atoms with E-state index in [1.54, 1.807) is 10.7 Å². The second-order valence-corrected chi connectivity index (χ2v) is 6.31. The van der Waals surface area contributed by atoms with E-state index < -0.39 is 0 Å². The first-order chi connectivity index (χ1) is 9.24. The smallest absolute Gasteiger partial charge is 0.255 e. The first-order valence-corrected chi connectivity index (χ1v) is 7.53. The van der Waals surface area contributed by atoms with Crippen LogP contribution in [0.15, 0.2) is 30.6 Å². The van der Waals surface area contributed by atoms with E-state index in [4.69, 9.17) is 0 Å². The molecule has 0 bridgehead atoms. The predicted octanol–water partition coefficient (Wildman–Crippen LogP) is 2.77. The Morgan fingerprint density at radius 3 is 2.89 bits per heavy atom. The molecule has 4 nitrogen and oxygen atoms in total. The van der Waals surface area contributed by atoms with Crippen molar-refractivity contribution in [3.63, 3.8) is 0 Å². The lowest BCUT2D eigenvalue weighted by Gasteiger charge is -2.25. The zero-order chi connectivity index (χ0) is 13.2. The van der Waals surface area contributed by atoms with Crippen LogP contribution < -0.4 is 5.32 Å². The van der Waals surface area contributed by atoms with E-state index in [1.165, 1.54) is 0 Å². The van der Waals surface area contributed by atoms with Gasteiger partial charge in [0.1, 0.15) is 0 Å². The fourth-order valence-corrected chi connectivity index (χ4v) is 3.10. The number of hydrogen-bond donors (Lipinski definition) is 1. The van der Waals surface area contributed by atoms with Crippen LogP contribution in [0.3, 0.4) is 0 Å². The van der Waals surface area contributed by atoms with Gasteiger partial charge in [-0.3, -0.25) is 4.79 Å². The minimum Gasteiger partial charge on any atom is -0.349 e. The summed E-state index contributed by atoms with van der Waals surface area (Å²) in [5, 5.41) is 7.31. The Bertz CT molecular complexity index is 587. The number of halogens is 1. The van der Waals surface area contributed by atoms with Crippen molar-refractivity contribution in [2.45, 2.75) is 36.6 Å². The van der Waals surface area contributed by atoms with Crippen LogP contribution in [-0.2, 0) is 0 Å². The highest BCUT2D eigenvalue weighted by molar-refractivity contribution is 9.09. The van der Waals surface area contributed by atoms with E-state index in [2.05, 4.69) is 26.3 Å². The van der Waals surface area contributed by atoms with Crippen LogP contribution >= 0.6 is 15.9 Å². The molecule has 100 valence electrons. The molecule has 0 atom stereocenters. The van der Waals surface area contributed by atoms with Crippen molar-refractivity contribution < 1.29 is 4.79 Å². The first kappa shape index (κ1) is 12.7. The molecule has 1 aliphatic carbocycles. The van der Waals surface area contributed by atoms with Gasteiger partial charge in [-0.1, -0.05) is 22.0 Å². The molecule has 0 aromatic carbocycles. The SMILES string of the molecule is O=C(NC1CCC(Br)CC1)c1cnn2ccccc12. The normalized spacial score (nSPS) is 23.4. The summed E-state index contributed by atoms with van der Waals surface area (Å²) >= 11 is 3.63. The van der Waals surface area contributed by atoms with Crippen molar-refractivity contribution in [1.82, 2.24) is 14.9 Å². The fourth-order valence-electron chi connectivity index (χ4n) is 2.57. The molecule has 1 fully saturated rings. The van der Waals surface area contributed by atoms with Crippen LogP contribution in [0.2, 0.25) is 0 Å². The maximum Gasteiger partial charge on any atom is 0.255 e. The largest absolute Gasteiger partial charge is 0.349 e. The lowest BCUT2D eigenvalue weighted by Crippen LogP contribution is -2.37. The topological polar surface area (TPSA) is 46.4 Å². The molecule has 0 spiro atoms. The molecule has 0 saturated heterocycles. The summed E-state index contributed by atoms with van der Waals surface area (Å²) in [5.41, 5.74) is 1.51. The van der Waals surface area contributed by atoms with Gasteiger partial charge in [-0.05, 0) is 37.8 Å². The molecular formula is C14H16BrN3O. The number of nitrogens with one attached hydrogen (secondary N) is 1. The molecule has 0 radical (unpaired) electrons. The molecule has 2 heterocycles. The van der Waals surface area contributed by atoms with E-state index >= 15 is 0 Å². The Labute approximate surface area is 120 Å². The van der Waals surface area contributed by atoms with Gasteiger partial charge in [0.05, 0.1) is 17.3 Å². The average molecular weight is 322 g/mol. The number of rotatable bonds is 2. The van der Waals surface area contributed by atoms with E-state index in [9.17, 15) is 4.79 Å². The Hall–Kier alpha value is -1.36.